The Morgan fingerprint density at radius 2 is 1.95 bits per heavy atom. The van der Waals surface area contributed by atoms with Crippen molar-refractivity contribution in [2.24, 2.45) is 11.8 Å². The summed E-state index contributed by atoms with van der Waals surface area (Å²) in [7, 11) is -3.66. The average molecular weight is 327 g/mol. The first-order chi connectivity index (χ1) is 8.49. The van der Waals surface area contributed by atoms with Crippen LogP contribution in [0.15, 0.2) is 23.1 Å². The quantitative estimate of drug-likeness (QED) is 0.882. The molecule has 0 spiro atoms. The van der Waals surface area contributed by atoms with Gasteiger partial charge in [0.1, 0.15) is 10.7 Å². The molecule has 1 heterocycles. The minimum atomic E-state index is -3.66. The largest absolute Gasteiger partial charge is 0.316 e. The molecule has 0 aromatic heterocycles. The van der Waals surface area contributed by atoms with Gasteiger partial charge in [-0.05, 0) is 43.1 Å². The van der Waals surface area contributed by atoms with Gasteiger partial charge in [-0.25, -0.2) is 17.5 Å². The van der Waals surface area contributed by atoms with Gasteiger partial charge >= 0.3 is 0 Å². The number of fused-ring (bicyclic) bond motifs is 1. The number of benzene rings is 1. The van der Waals surface area contributed by atoms with Gasteiger partial charge in [0.05, 0.1) is 5.02 Å². The number of hydrogen-bond acceptors (Lipinski definition) is 3. The van der Waals surface area contributed by atoms with Crippen LogP contribution in [0.3, 0.4) is 0 Å². The minimum Gasteiger partial charge on any atom is -0.316 e. The van der Waals surface area contributed by atoms with Crippen LogP contribution in [-0.2, 0) is 10.0 Å². The second-order valence-corrected chi connectivity index (χ2v) is 6.80. The number of piperidine rings is 1. The van der Waals surface area contributed by atoms with Gasteiger partial charge in [-0.3, -0.25) is 0 Å². The summed E-state index contributed by atoms with van der Waals surface area (Å²) in [6, 6.07) is 3.27. The van der Waals surface area contributed by atoms with Crippen LogP contribution < -0.4 is 10.0 Å². The van der Waals surface area contributed by atoms with E-state index >= 15 is 0 Å². The molecule has 2 fully saturated rings. The van der Waals surface area contributed by atoms with Crippen molar-refractivity contribution in [3.63, 3.8) is 0 Å². The normalized spacial score (nSPS) is 28.6. The molecule has 2 aliphatic rings. The lowest BCUT2D eigenvalue weighted by Crippen LogP contribution is -2.32. The molecule has 0 radical (unpaired) electrons. The second kappa shape index (κ2) is 5.18. The van der Waals surface area contributed by atoms with E-state index in [9.17, 15) is 12.8 Å². The maximum Gasteiger partial charge on any atom is 0.242 e. The van der Waals surface area contributed by atoms with E-state index in [0.29, 0.717) is 11.8 Å². The van der Waals surface area contributed by atoms with Gasteiger partial charge in [-0.2, -0.15) is 0 Å². The zero-order chi connectivity index (χ0) is 12.9. The predicted octanol–water partition coefficient (Wildman–Crippen LogP) is 1.40. The molecule has 1 aliphatic carbocycles. The van der Waals surface area contributed by atoms with E-state index in [-0.39, 0.29) is 28.4 Å². The highest BCUT2D eigenvalue weighted by atomic mass is 35.5. The van der Waals surface area contributed by atoms with Crippen LogP contribution in [0.25, 0.3) is 0 Å². The van der Waals surface area contributed by atoms with Crippen molar-refractivity contribution >= 4 is 34.0 Å². The third-order valence-electron chi connectivity index (χ3n) is 3.57. The Bertz CT molecular complexity index is 586. The molecule has 4 nitrogen and oxygen atoms in total. The molecule has 0 bridgehead atoms. The summed E-state index contributed by atoms with van der Waals surface area (Å²) in [5.41, 5.74) is 0. The van der Waals surface area contributed by atoms with Crippen LogP contribution in [0.4, 0.5) is 4.39 Å². The minimum absolute atomic E-state index is 0. The Kier molecular flexibility index (Phi) is 4.09. The number of hydrogen-bond donors (Lipinski definition) is 2. The van der Waals surface area contributed by atoms with Crippen LogP contribution in [0.1, 0.15) is 0 Å². The smallest absolute Gasteiger partial charge is 0.242 e. The third-order valence-corrected chi connectivity index (χ3v) is 5.51. The number of nitrogens with one attached hydrogen (secondary N) is 2. The molecule has 2 unspecified atom stereocenters. The van der Waals surface area contributed by atoms with Gasteiger partial charge in [-0.1, -0.05) is 11.6 Å². The lowest BCUT2D eigenvalue weighted by atomic mass is 10.3. The SMILES string of the molecule is Cl.O=S(=O)(NC1C2CNCC21)c1ccc(F)cc1Cl. The molecule has 1 saturated heterocycles. The first-order valence-electron chi connectivity index (χ1n) is 5.67. The molecule has 1 aliphatic heterocycles. The average Bonchev–Trinajstić information content (AvgIpc) is 2.74. The molecule has 0 amide bonds. The molecule has 2 N–H and O–H groups in total. The highest BCUT2D eigenvalue weighted by Gasteiger charge is 2.54. The maximum absolute atomic E-state index is 12.9. The fraction of sp³-hybridized carbons (Fsp3) is 0.455. The van der Waals surface area contributed by atoms with Crippen molar-refractivity contribution < 1.29 is 12.8 Å². The zero-order valence-corrected chi connectivity index (χ0v) is 12.2. The molecular formula is C11H13Cl2FN2O2S. The molecule has 106 valence electrons. The van der Waals surface area contributed by atoms with Gasteiger partial charge in [0.2, 0.25) is 10.0 Å². The van der Waals surface area contributed by atoms with Gasteiger partial charge in [0.15, 0.2) is 0 Å². The van der Waals surface area contributed by atoms with Crippen molar-refractivity contribution in [2.45, 2.75) is 10.9 Å². The Balaban J connectivity index is 0.00000133. The Hall–Kier alpha value is -0.400. The number of sulfonamides is 1. The van der Waals surface area contributed by atoms with Crippen molar-refractivity contribution in [1.82, 2.24) is 10.0 Å². The Labute approximate surface area is 122 Å². The summed E-state index contributed by atoms with van der Waals surface area (Å²) in [6.07, 6.45) is 0. The Morgan fingerprint density at radius 3 is 2.53 bits per heavy atom. The van der Waals surface area contributed by atoms with Crippen LogP contribution in [0.5, 0.6) is 0 Å². The van der Waals surface area contributed by atoms with Crippen molar-refractivity contribution in [2.75, 3.05) is 13.1 Å². The Morgan fingerprint density at radius 1 is 1.32 bits per heavy atom. The first-order valence-corrected chi connectivity index (χ1v) is 7.53. The summed E-state index contributed by atoms with van der Waals surface area (Å²) in [5.74, 6) is 0.199. The molecule has 19 heavy (non-hydrogen) atoms. The molecule has 8 heteroatoms. The number of halogens is 3. The van der Waals surface area contributed by atoms with E-state index in [1.165, 1.54) is 6.07 Å². The van der Waals surface area contributed by atoms with E-state index in [0.717, 1.165) is 25.2 Å². The van der Waals surface area contributed by atoms with Crippen molar-refractivity contribution in [1.29, 1.82) is 0 Å². The monoisotopic (exact) mass is 326 g/mol. The zero-order valence-electron chi connectivity index (χ0n) is 9.77. The van der Waals surface area contributed by atoms with E-state index < -0.39 is 15.8 Å². The molecule has 3 rings (SSSR count). The fourth-order valence-electron chi connectivity index (χ4n) is 2.53. The van der Waals surface area contributed by atoms with Crippen LogP contribution in [-0.4, -0.2) is 27.5 Å². The van der Waals surface area contributed by atoms with Gasteiger partial charge in [-0.15, -0.1) is 12.4 Å². The van der Waals surface area contributed by atoms with E-state index in [4.69, 9.17) is 11.6 Å². The highest BCUT2D eigenvalue weighted by molar-refractivity contribution is 7.89. The predicted molar refractivity (Wildman–Crippen MR) is 72.6 cm³/mol. The topological polar surface area (TPSA) is 58.2 Å². The lowest BCUT2D eigenvalue weighted by molar-refractivity contribution is 0.564. The van der Waals surface area contributed by atoms with Crippen LogP contribution >= 0.6 is 24.0 Å². The molecule has 1 aromatic rings. The van der Waals surface area contributed by atoms with Gasteiger partial charge in [0, 0.05) is 6.04 Å². The third kappa shape index (κ3) is 2.73. The molecule has 2 atom stereocenters. The van der Waals surface area contributed by atoms with Crippen LogP contribution in [0.2, 0.25) is 5.02 Å². The number of rotatable bonds is 3. The van der Waals surface area contributed by atoms with Crippen molar-refractivity contribution in [3.8, 4) is 0 Å². The summed E-state index contributed by atoms with van der Waals surface area (Å²) in [4.78, 5) is -0.0662. The van der Waals surface area contributed by atoms with E-state index in [1.807, 2.05) is 0 Å². The molecular weight excluding hydrogens is 314 g/mol. The van der Waals surface area contributed by atoms with E-state index in [2.05, 4.69) is 10.0 Å². The van der Waals surface area contributed by atoms with Crippen LogP contribution in [0, 0.1) is 17.7 Å². The first kappa shape index (κ1) is 15.0. The highest BCUT2D eigenvalue weighted by Crippen LogP contribution is 2.42. The fourth-order valence-corrected chi connectivity index (χ4v) is 4.40. The van der Waals surface area contributed by atoms with Gasteiger partial charge < -0.3 is 5.32 Å². The van der Waals surface area contributed by atoms with Gasteiger partial charge in [0.25, 0.3) is 0 Å². The van der Waals surface area contributed by atoms with E-state index in [1.54, 1.807) is 0 Å². The maximum atomic E-state index is 12.9. The second-order valence-electron chi connectivity index (χ2n) is 4.71. The van der Waals surface area contributed by atoms with Crippen molar-refractivity contribution in [3.05, 3.63) is 29.0 Å². The molecule has 1 saturated carbocycles. The summed E-state index contributed by atoms with van der Waals surface area (Å²) >= 11 is 5.77. The molecule has 1 aromatic carbocycles. The summed E-state index contributed by atoms with van der Waals surface area (Å²) in [5, 5.41) is 3.09. The summed E-state index contributed by atoms with van der Waals surface area (Å²) < 4.78 is 39.7. The lowest BCUT2D eigenvalue weighted by Gasteiger charge is -2.10. The summed E-state index contributed by atoms with van der Waals surface area (Å²) in [6.45, 7) is 1.68. The standard InChI is InChI=1S/C11H12ClFN2O2S.ClH/c12-9-3-6(13)1-2-10(9)18(16,17)15-11-7-4-14-5-8(7)11;/h1-3,7-8,11,14-15H,4-5H2;1H.